The van der Waals surface area contributed by atoms with Crippen molar-refractivity contribution in [3.05, 3.63) is 42.0 Å². The molecule has 6 heteroatoms. The minimum absolute atomic E-state index is 0.0304. The smallest absolute Gasteiger partial charge is 0.233 e. The van der Waals surface area contributed by atoms with Gasteiger partial charge in [-0.25, -0.2) is 0 Å². The van der Waals surface area contributed by atoms with Gasteiger partial charge in [0.1, 0.15) is 0 Å². The number of allylic oxidation sites excluding steroid dienone is 2. The molecule has 6 rings (SSSR count). The molecule has 1 aromatic rings. The quantitative estimate of drug-likeness (QED) is 0.302. The lowest BCUT2D eigenvalue weighted by Crippen LogP contribution is -2.40. The maximum absolute atomic E-state index is 12.9. The highest BCUT2D eigenvalue weighted by atomic mass is 16.2. The molecule has 1 heterocycles. The van der Waals surface area contributed by atoms with E-state index < -0.39 is 0 Å². The first kappa shape index (κ1) is 20.2. The molecule has 5 aliphatic rings. The molecule has 3 amide bonds. The summed E-state index contributed by atoms with van der Waals surface area (Å²) in [5, 5.41) is 2.83. The highest BCUT2D eigenvalue weighted by molar-refractivity contribution is 6.06. The molecule has 31 heavy (non-hydrogen) atoms. The molecule has 0 spiro atoms. The summed E-state index contributed by atoms with van der Waals surface area (Å²) in [6.07, 6.45) is 8.13. The van der Waals surface area contributed by atoms with Crippen LogP contribution in [0.5, 0.6) is 0 Å². The van der Waals surface area contributed by atoms with Crippen molar-refractivity contribution in [2.24, 2.45) is 35.5 Å². The standard InChI is InChI=1S/C25H28N2O4/c1-14(28)15-6-5-7-16(12-15)26-21(29)8-3-2-4-11-27-24(30)22-17-9-10-18(20-13-19(17)20)23(22)25(27)31/h5-7,9-10,12,17-20,22-23H,2-4,8,11,13H2,1H3,(H,26,29). The summed E-state index contributed by atoms with van der Waals surface area (Å²) < 4.78 is 0. The second kappa shape index (κ2) is 7.74. The van der Waals surface area contributed by atoms with E-state index in [9.17, 15) is 19.2 Å². The van der Waals surface area contributed by atoms with Crippen molar-refractivity contribution < 1.29 is 19.2 Å². The molecule has 1 saturated heterocycles. The number of amides is 3. The van der Waals surface area contributed by atoms with E-state index in [4.69, 9.17) is 0 Å². The topological polar surface area (TPSA) is 83.6 Å². The molecule has 1 aliphatic heterocycles. The van der Waals surface area contributed by atoms with E-state index in [1.807, 2.05) is 0 Å². The van der Waals surface area contributed by atoms with Crippen molar-refractivity contribution in [2.45, 2.75) is 39.0 Å². The third kappa shape index (κ3) is 3.52. The van der Waals surface area contributed by atoms with Crippen LogP contribution in [0.25, 0.3) is 0 Å². The maximum atomic E-state index is 12.9. The van der Waals surface area contributed by atoms with Crippen LogP contribution in [0.1, 0.15) is 49.4 Å². The Kier molecular flexibility index (Phi) is 5.03. The number of imide groups is 1. The van der Waals surface area contributed by atoms with Crippen LogP contribution in [-0.4, -0.2) is 34.9 Å². The van der Waals surface area contributed by atoms with Crippen LogP contribution in [0.3, 0.4) is 0 Å². The Labute approximate surface area is 182 Å². The summed E-state index contributed by atoms with van der Waals surface area (Å²) >= 11 is 0. The number of likely N-dealkylation sites (tertiary alicyclic amines) is 1. The van der Waals surface area contributed by atoms with E-state index in [2.05, 4.69) is 17.5 Å². The number of rotatable bonds is 8. The van der Waals surface area contributed by atoms with Crippen molar-refractivity contribution in [2.75, 3.05) is 11.9 Å². The zero-order valence-corrected chi connectivity index (χ0v) is 17.8. The average Bonchev–Trinajstić information content (AvgIpc) is 3.53. The second-order valence-electron chi connectivity index (χ2n) is 9.48. The van der Waals surface area contributed by atoms with Gasteiger partial charge in [0.2, 0.25) is 17.7 Å². The van der Waals surface area contributed by atoms with Crippen molar-refractivity contribution in [1.29, 1.82) is 0 Å². The molecule has 162 valence electrons. The van der Waals surface area contributed by atoms with Crippen LogP contribution in [0.15, 0.2) is 36.4 Å². The van der Waals surface area contributed by atoms with Crippen LogP contribution >= 0.6 is 0 Å². The average molecular weight is 421 g/mol. The van der Waals surface area contributed by atoms with Crippen molar-refractivity contribution >= 4 is 29.2 Å². The molecule has 6 unspecified atom stereocenters. The normalized spacial score (nSPS) is 32.1. The van der Waals surface area contributed by atoms with Gasteiger partial charge < -0.3 is 5.32 Å². The number of benzene rings is 1. The lowest BCUT2D eigenvalue weighted by Gasteiger charge is -2.37. The number of nitrogens with zero attached hydrogens (tertiary/aromatic N) is 1. The summed E-state index contributed by atoms with van der Waals surface area (Å²) in [5.41, 5.74) is 1.19. The van der Waals surface area contributed by atoms with Crippen LogP contribution in [0.4, 0.5) is 5.69 Å². The monoisotopic (exact) mass is 420 g/mol. The van der Waals surface area contributed by atoms with E-state index >= 15 is 0 Å². The van der Waals surface area contributed by atoms with Gasteiger partial charge in [-0.3, -0.25) is 24.1 Å². The SMILES string of the molecule is CC(=O)c1cccc(NC(=O)CCCCCN2C(=O)C3C4C=CC(C5CC45)C3C2=O)c1. The minimum Gasteiger partial charge on any atom is -0.326 e. The van der Waals surface area contributed by atoms with E-state index in [-0.39, 0.29) is 47.2 Å². The third-order valence-electron chi connectivity index (χ3n) is 7.59. The van der Waals surface area contributed by atoms with Gasteiger partial charge in [-0.05, 0) is 62.0 Å². The number of hydrogen-bond donors (Lipinski definition) is 1. The predicted molar refractivity (Wildman–Crippen MR) is 115 cm³/mol. The van der Waals surface area contributed by atoms with E-state index in [1.54, 1.807) is 24.3 Å². The molecule has 6 atom stereocenters. The zero-order valence-electron chi connectivity index (χ0n) is 17.8. The van der Waals surface area contributed by atoms with Crippen molar-refractivity contribution in [3.8, 4) is 0 Å². The third-order valence-corrected chi connectivity index (χ3v) is 7.59. The fraction of sp³-hybridized carbons (Fsp3) is 0.520. The van der Waals surface area contributed by atoms with Gasteiger partial charge in [-0.15, -0.1) is 0 Å². The molecule has 1 N–H and O–H groups in total. The van der Waals surface area contributed by atoms with Crippen molar-refractivity contribution in [3.63, 3.8) is 0 Å². The molecule has 2 bridgehead atoms. The molecular formula is C25H28N2O4. The Hall–Kier alpha value is -2.76. The predicted octanol–water partition coefficient (Wildman–Crippen LogP) is 3.44. The van der Waals surface area contributed by atoms with E-state index in [0.717, 1.165) is 12.8 Å². The Morgan fingerprint density at radius 1 is 1.00 bits per heavy atom. The molecular weight excluding hydrogens is 392 g/mol. The van der Waals surface area contributed by atoms with E-state index in [1.165, 1.54) is 18.2 Å². The highest BCUT2D eigenvalue weighted by Gasteiger charge is 2.66. The fourth-order valence-corrected chi connectivity index (χ4v) is 6.01. The summed E-state index contributed by atoms with van der Waals surface area (Å²) in [5.74, 6) is 1.48. The first-order valence-corrected chi connectivity index (χ1v) is 11.4. The number of anilines is 1. The number of nitrogens with one attached hydrogen (secondary N) is 1. The summed E-state index contributed by atoms with van der Waals surface area (Å²) in [7, 11) is 0. The van der Waals surface area contributed by atoms with E-state index in [0.29, 0.717) is 42.5 Å². The van der Waals surface area contributed by atoms with Gasteiger partial charge in [0.25, 0.3) is 0 Å². The van der Waals surface area contributed by atoms with Crippen LogP contribution in [-0.2, 0) is 14.4 Å². The minimum atomic E-state index is -0.122. The number of ketones is 1. The Balaban J connectivity index is 1.07. The molecule has 0 radical (unpaired) electrons. The Morgan fingerprint density at radius 3 is 2.32 bits per heavy atom. The highest BCUT2D eigenvalue weighted by Crippen LogP contribution is 2.65. The fourth-order valence-electron chi connectivity index (χ4n) is 6.01. The summed E-state index contributed by atoms with van der Waals surface area (Å²) in [6, 6.07) is 6.91. The largest absolute Gasteiger partial charge is 0.326 e. The molecule has 4 aliphatic carbocycles. The Bertz CT molecular complexity index is 947. The van der Waals surface area contributed by atoms with Crippen LogP contribution < -0.4 is 5.32 Å². The van der Waals surface area contributed by atoms with Crippen LogP contribution in [0, 0.1) is 35.5 Å². The molecule has 2 saturated carbocycles. The lowest BCUT2D eigenvalue weighted by atomic mass is 9.63. The lowest BCUT2D eigenvalue weighted by molar-refractivity contribution is -0.140. The first-order valence-electron chi connectivity index (χ1n) is 11.4. The van der Waals surface area contributed by atoms with Gasteiger partial charge in [-0.1, -0.05) is 30.7 Å². The maximum Gasteiger partial charge on any atom is 0.233 e. The molecule has 0 aromatic heterocycles. The van der Waals surface area contributed by atoms with Gasteiger partial charge in [-0.2, -0.15) is 0 Å². The van der Waals surface area contributed by atoms with Gasteiger partial charge in [0.05, 0.1) is 11.8 Å². The van der Waals surface area contributed by atoms with Gasteiger partial charge in [0.15, 0.2) is 5.78 Å². The van der Waals surface area contributed by atoms with Crippen molar-refractivity contribution in [1.82, 2.24) is 4.90 Å². The van der Waals surface area contributed by atoms with Gasteiger partial charge >= 0.3 is 0 Å². The van der Waals surface area contributed by atoms with Crippen LogP contribution in [0.2, 0.25) is 0 Å². The number of Topliss-reactive ketones (excluding diaryl/α,β-unsaturated/α-hetero) is 1. The second-order valence-corrected chi connectivity index (χ2v) is 9.48. The number of carbonyl (C=O) groups excluding carboxylic acids is 4. The summed E-state index contributed by atoms with van der Waals surface area (Å²) in [6.45, 7) is 1.96. The number of unbranched alkanes of at least 4 members (excludes halogenated alkanes) is 2. The molecule has 3 fully saturated rings. The first-order chi connectivity index (χ1) is 15.0. The number of carbonyl (C=O) groups is 4. The zero-order chi connectivity index (χ0) is 21.7. The molecule has 6 nitrogen and oxygen atoms in total. The molecule has 1 aromatic carbocycles. The number of hydrogen-bond acceptors (Lipinski definition) is 4. The summed E-state index contributed by atoms with van der Waals surface area (Å²) in [4.78, 5) is 51.0. The van der Waals surface area contributed by atoms with Gasteiger partial charge in [0, 0.05) is 24.2 Å². The Morgan fingerprint density at radius 2 is 1.68 bits per heavy atom.